The Labute approximate surface area is 90.2 Å². The Morgan fingerprint density at radius 3 is 2.93 bits per heavy atom. The maximum Gasteiger partial charge on any atom is 0.244 e. The third-order valence-corrected chi connectivity index (χ3v) is 2.11. The molecule has 0 unspecified atom stereocenters. The maximum atomic E-state index is 11.4. The van der Waals surface area contributed by atoms with E-state index < -0.39 is 0 Å². The van der Waals surface area contributed by atoms with Crippen molar-refractivity contribution in [3.05, 3.63) is 41.7 Å². The fourth-order valence-corrected chi connectivity index (χ4v) is 1.06. The van der Waals surface area contributed by atoms with Crippen LogP contribution in [0, 0.1) is 0 Å². The molecule has 80 valence electrons. The Balaban J connectivity index is 2.41. The van der Waals surface area contributed by atoms with E-state index >= 15 is 0 Å². The average Bonchev–Trinajstić information content (AvgIpc) is 2.27. The van der Waals surface area contributed by atoms with Gasteiger partial charge in [-0.15, -0.1) is 0 Å². The normalized spacial score (nSPS) is 11.2. The standard InChI is InChI=1S/C12H16N2O/c1-3-10(2)8-12(15)14-9-11-6-4-5-7-13-11/h4-8H,3,9H2,1-2H3,(H,14,15)/b10-8+. The van der Waals surface area contributed by atoms with Crippen LogP contribution in [0.5, 0.6) is 0 Å². The number of aromatic nitrogens is 1. The van der Waals surface area contributed by atoms with Crippen LogP contribution in [-0.2, 0) is 11.3 Å². The molecule has 0 bridgehead atoms. The van der Waals surface area contributed by atoms with E-state index in [1.165, 1.54) is 0 Å². The van der Waals surface area contributed by atoms with E-state index in [1.807, 2.05) is 32.0 Å². The van der Waals surface area contributed by atoms with Crippen LogP contribution in [0.1, 0.15) is 26.0 Å². The van der Waals surface area contributed by atoms with Crippen LogP contribution in [0.2, 0.25) is 0 Å². The molecule has 1 N–H and O–H groups in total. The zero-order chi connectivity index (χ0) is 11.1. The number of carbonyl (C=O) groups is 1. The van der Waals surface area contributed by atoms with Gasteiger partial charge in [0.15, 0.2) is 0 Å². The quantitative estimate of drug-likeness (QED) is 0.763. The van der Waals surface area contributed by atoms with Gasteiger partial charge in [-0.3, -0.25) is 9.78 Å². The molecule has 3 heteroatoms. The van der Waals surface area contributed by atoms with Crippen molar-refractivity contribution in [1.29, 1.82) is 0 Å². The number of nitrogens with one attached hydrogen (secondary N) is 1. The molecule has 0 saturated heterocycles. The lowest BCUT2D eigenvalue weighted by Gasteiger charge is -2.01. The second-order valence-electron chi connectivity index (χ2n) is 3.38. The van der Waals surface area contributed by atoms with Crippen molar-refractivity contribution >= 4 is 5.91 Å². The van der Waals surface area contributed by atoms with Crippen LogP contribution in [0.4, 0.5) is 0 Å². The molecule has 1 aromatic heterocycles. The molecule has 0 radical (unpaired) electrons. The summed E-state index contributed by atoms with van der Waals surface area (Å²) in [6, 6.07) is 5.64. The molecule has 0 fully saturated rings. The van der Waals surface area contributed by atoms with Crippen molar-refractivity contribution < 1.29 is 4.79 Å². The van der Waals surface area contributed by atoms with Crippen molar-refractivity contribution in [1.82, 2.24) is 10.3 Å². The predicted molar refractivity (Wildman–Crippen MR) is 60.1 cm³/mol. The van der Waals surface area contributed by atoms with Crippen molar-refractivity contribution in [2.24, 2.45) is 0 Å². The van der Waals surface area contributed by atoms with Crippen LogP contribution in [0.15, 0.2) is 36.0 Å². The van der Waals surface area contributed by atoms with Crippen molar-refractivity contribution in [3.63, 3.8) is 0 Å². The number of rotatable bonds is 4. The summed E-state index contributed by atoms with van der Waals surface area (Å²) in [5.74, 6) is -0.0556. The van der Waals surface area contributed by atoms with Crippen LogP contribution in [-0.4, -0.2) is 10.9 Å². The summed E-state index contributed by atoms with van der Waals surface area (Å²) in [6.07, 6.45) is 4.24. The van der Waals surface area contributed by atoms with Crippen LogP contribution >= 0.6 is 0 Å². The predicted octanol–water partition coefficient (Wildman–Crippen LogP) is 2.05. The molecule has 3 nitrogen and oxygen atoms in total. The number of nitrogens with zero attached hydrogens (tertiary/aromatic N) is 1. The first-order valence-electron chi connectivity index (χ1n) is 5.07. The van der Waals surface area contributed by atoms with Gasteiger partial charge in [0.25, 0.3) is 0 Å². The number of carbonyl (C=O) groups excluding carboxylic acids is 1. The third-order valence-electron chi connectivity index (χ3n) is 2.11. The first-order valence-corrected chi connectivity index (χ1v) is 5.07. The van der Waals surface area contributed by atoms with E-state index in [2.05, 4.69) is 10.3 Å². The molecular formula is C12H16N2O. The Kier molecular flexibility index (Phi) is 4.54. The fourth-order valence-electron chi connectivity index (χ4n) is 1.06. The smallest absolute Gasteiger partial charge is 0.244 e. The van der Waals surface area contributed by atoms with Gasteiger partial charge in [0.1, 0.15) is 0 Å². The highest BCUT2D eigenvalue weighted by molar-refractivity contribution is 5.88. The van der Waals surface area contributed by atoms with Gasteiger partial charge in [0.05, 0.1) is 12.2 Å². The summed E-state index contributed by atoms with van der Waals surface area (Å²) >= 11 is 0. The van der Waals surface area contributed by atoms with Crippen LogP contribution in [0.25, 0.3) is 0 Å². The van der Waals surface area contributed by atoms with Gasteiger partial charge in [0.2, 0.25) is 5.91 Å². The Bertz CT molecular complexity index is 344. The number of hydrogen-bond donors (Lipinski definition) is 1. The Hall–Kier alpha value is -1.64. The lowest BCUT2D eigenvalue weighted by atomic mass is 10.2. The first kappa shape index (κ1) is 11.4. The summed E-state index contributed by atoms with van der Waals surface area (Å²) in [6.45, 7) is 4.45. The molecule has 1 amide bonds. The molecule has 0 aliphatic heterocycles. The summed E-state index contributed by atoms with van der Waals surface area (Å²) in [5, 5.41) is 2.79. The second kappa shape index (κ2) is 5.96. The zero-order valence-corrected chi connectivity index (χ0v) is 9.16. The molecule has 15 heavy (non-hydrogen) atoms. The van der Waals surface area contributed by atoms with E-state index in [9.17, 15) is 4.79 Å². The topological polar surface area (TPSA) is 42.0 Å². The number of pyridine rings is 1. The average molecular weight is 204 g/mol. The minimum absolute atomic E-state index is 0.0556. The molecule has 0 aromatic carbocycles. The van der Waals surface area contributed by atoms with E-state index in [0.29, 0.717) is 6.54 Å². The fraction of sp³-hybridized carbons (Fsp3) is 0.333. The highest BCUT2D eigenvalue weighted by Gasteiger charge is 1.97. The van der Waals surface area contributed by atoms with Crippen molar-refractivity contribution in [3.8, 4) is 0 Å². The van der Waals surface area contributed by atoms with E-state index in [4.69, 9.17) is 0 Å². The molecular weight excluding hydrogens is 188 g/mol. The van der Waals surface area contributed by atoms with E-state index in [-0.39, 0.29) is 5.91 Å². The monoisotopic (exact) mass is 204 g/mol. The van der Waals surface area contributed by atoms with E-state index in [0.717, 1.165) is 17.7 Å². The number of hydrogen-bond acceptors (Lipinski definition) is 2. The largest absolute Gasteiger partial charge is 0.347 e. The Morgan fingerprint density at radius 1 is 1.53 bits per heavy atom. The van der Waals surface area contributed by atoms with Gasteiger partial charge in [-0.2, -0.15) is 0 Å². The summed E-state index contributed by atoms with van der Waals surface area (Å²) < 4.78 is 0. The molecule has 0 saturated carbocycles. The van der Waals surface area contributed by atoms with Gasteiger partial charge in [-0.25, -0.2) is 0 Å². The molecule has 0 atom stereocenters. The van der Waals surface area contributed by atoms with Gasteiger partial charge >= 0.3 is 0 Å². The van der Waals surface area contributed by atoms with Gasteiger partial charge < -0.3 is 5.32 Å². The lowest BCUT2D eigenvalue weighted by molar-refractivity contribution is -0.116. The molecule has 1 aromatic rings. The molecule has 1 heterocycles. The van der Waals surface area contributed by atoms with E-state index in [1.54, 1.807) is 12.3 Å². The second-order valence-corrected chi connectivity index (χ2v) is 3.38. The highest BCUT2D eigenvalue weighted by Crippen LogP contribution is 1.97. The van der Waals surface area contributed by atoms with Gasteiger partial charge in [-0.1, -0.05) is 18.6 Å². The first-order chi connectivity index (χ1) is 7.22. The summed E-state index contributed by atoms with van der Waals surface area (Å²) in [5.41, 5.74) is 1.95. The summed E-state index contributed by atoms with van der Waals surface area (Å²) in [4.78, 5) is 15.5. The third kappa shape index (κ3) is 4.40. The lowest BCUT2D eigenvalue weighted by Crippen LogP contribution is -2.21. The highest BCUT2D eigenvalue weighted by atomic mass is 16.1. The number of allylic oxidation sites excluding steroid dienone is 1. The number of amides is 1. The zero-order valence-electron chi connectivity index (χ0n) is 9.16. The molecule has 0 aliphatic rings. The molecule has 0 aliphatic carbocycles. The minimum Gasteiger partial charge on any atom is -0.347 e. The minimum atomic E-state index is -0.0556. The van der Waals surface area contributed by atoms with Gasteiger partial charge in [0, 0.05) is 12.3 Å². The Morgan fingerprint density at radius 2 is 2.33 bits per heavy atom. The van der Waals surface area contributed by atoms with Gasteiger partial charge in [-0.05, 0) is 25.5 Å². The van der Waals surface area contributed by atoms with Crippen LogP contribution < -0.4 is 5.32 Å². The summed E-state index contributed by atoms with van der Waals surface area (Å²) in [7, 11) is 0. The maximum absolute atomic E-state index is 11.4. The van der Waals surface area contributed by atoms with Crippen molar-refractivity contribution in [2.75, 3.05) is 0 Å². The SMILES string of the molecule is CC/C(C)=C/C(=O)NCc1ccccn1. The van der Waals surface area contributed by atoms with Crippen molar-refractivity contribution in [2.45, 2.75) is 26.8 Å². The molecule has 1 rings (SSSR count). The van der Waals surface area contributed by atoms with Crippen LogP contribution in [0.3, 0.4) is 0 Å². The molecule has 0 spiro atoms.